The maximum atomic E-state index is 13.0. The zero-order valence-corrected chi connectivity index (χ0v) is 12.5. The van der Waals surface area contributed by atoms with Gasteiger partial charge in [-0.15, -0.1) is 0 Å². The van der Waals surface area contributed by atoms with Gasteiger partial charge in [-0.25, -0.2) is 4.79 Å². The highest BCUT2D eigenvalue weighted by molar-refractivity contribution is 7.43. The Kier molecular flexibility index (Phi) is 4.98. The first kappa shape index (κ1) is 17.0. The third kappa shape index (κ3) is 3.90. The monoisotopic (exact) mass is 336 g/mol. The molecule has 22 heavy (non-hydrogen) atoms. The van der Waals surface area contributed by atoms with E-state index < -0.39 is 50.6 Å². The molecule has 1 aliphatic heterocycles. The van der Waals surface area contributed by atoms with Gasteiger partial charge in [0.05, 0.1) is 27.2 Å². The fourth-order valence-electron chi connectivity index (χ4n) is 2.26. The third-order valence-electron chi connectivity index (χ3n) is 3.41. The number of halogens is 1. The second kappa shape index (κ2) is 6.43. The van der Waals surface area contributed by atoms with E-state index in [-0.39, 0.29) is 12.0 Å². The lowest BCUT2D eigenvalue weighted by molar-refractivity contribution is -0.343. The van der Waals surface area contributed by atoms with Crippen molar-refractivity contribution in [2.75, 3.05) is 13.3 Å². The second-order valence-electron chi connectivity index (χ2n) is 5.00. The normalized spacial score (nSPS) is 25.5. The van der Waals surface area contributed by atoms with Crippen molar-refractivity contribution in [1.82, 2.24) is 9.55 Å². The van der Waals surface area contributed by atoms with Crippen molar-refractivity contribution in [3.05, 3.63) is 32.6 Å². The van der Waals surface area contributed by atoms with Crippen LogP contribution >= 0.6 is 7.82 Å². The van der Waals surface area contributed by atoms with Gasteiger partial charge in [-0.3, -0.25) is 18.7 Å². The molecular weight excluding hydrogens is 322 g/mol. The van der Waals surface area contributed by atoms with Gasteiger partial charge in [-0.05, 0) is 6.92 Å². The highest BCUT2D eigenvalue weighted by Crippen LogP contribution is 2.35. The Labute approximate surface area is 123 Å². The van der Waals surface area contributed by atoms with E-state index in [4.69, 9.17) is 4.74 Å². The molecule has 0 aliphatic carbocycles. The van der Waals surface area contributed by atoms with Crippen LogP contribution in [0.25, 0.3) is 0 Å². The fourth-order valence-corrected chi connectivity index (χ4v) is 2.59. The molecule has 0 aromatic carbocycles. The van der Waals surface area contributed by atoms with Crippen LogP contribution in [0.2, 0.25) is 0 Å². The van der Waals surface area contributed by atoms with Gasteiger partial charge in [0.1, 0.15) is 6.23 Å². The second-order valence-corrected chi connectivity index (χ2v) is 6.15. The van der Waals surface area contributed by atoms with Crippen LogP contribution in [0.1, 0.15) is 18.2 Å². The minimum Gasteiger partial charge on any atom is -0.790 e. The highest BCUT2D eigenvalue weighted by atomic mass is 31.2. The molecule has 1 aliphatic rings. The van der Waals surface area contributed by atoms with E-state index in [0.717, 1.165) is 4.57 Å². The maximum absolute atomic E-state index is 13.0. The smallest absolute Gasteiger partial charge is 0.330 e. The predicted molar refractivity (Wildman–Crippen MR) is 67.6 cm³/mol. The molecule has 0 spiro atoms. The van der Waals surface area contributed by atoms with Crippen LogP contribution in [0.3, 0.4) is 0 Å². The van der Waals surface area contributed by atoms with Crippen LogP contribution in [-0.4, -0.2) is 28.9 Å². The van der Waals surface area contributed by atoms with E-state index >= 15 is 0 Å². The number of aromatic nitrogens is 2. The number of alkyl halides is 1. The van der Waals surface area contributed by atoms with Crippen molar-refractivity contribution in [3.63, 3.8) is 0 Å². The van der Waals surface area contributed by atoms with Gasteiger partial charge in [0, 0.05) is 24.1 Å². The molecule has 11 heteroatoms. The number of phosphoric ester groups is 1. The van der Waals surface area contributed by atoms with Crippen LogP contribution in [0.5, 0.6) is 0 Å². The van der Waals surface area contributed by atoms with Crippen molar-refractivity contribution in [2.24, 2.45) is 5.92 Å². The van der Waals surface area contributed by atoms with E-state index in [1.165, 1.54) is 13.1 Å². The molecule has 0 amide bonds. The highest BCUT2D eigenvalue weighted by Gasteiger charge is 2.37. The van der Waals surface area contributed by atoms with Gasteiger partial charge in [0.15, 0.2) is 0 Å². The Bertz CT molecular complexity index is 696. The van der Waals surface area contributed by atoms with Crippen LogP contribution in [0, 0.1) is 12.8 Å². The Morgan fingerprint density at radius 2 is 2.23 bits per heavy atom. The summed E-state index contributed by atoms with van der Waals surface area (Å²) < 4.78 is 34.1. The quantitative estimate of drug-likeness (QED) is 0.650. The summed E-state index contributed by atoms with van der Waals surface area (Å²) >= 11 is 0. The number of hydrogen-bond donors (Lipinski definition) is 1. The van der Waals surface area contributed by atoms with Gasteiger partial charge in [0.25, 0.3) is 5.56 Å². The molecule has 1 fully saturated rings. The number of aryl methyl sites for hydroxylation is 1. The lowest BCUT2D eigenvalue weighted by Crippen LogP contribution is -2.33. The van der Waals surface area contributed by atoms with Crippen molar-refractivity contribution in [2.45, 2.75) is 25.7 Å². The number of rotatable bonds is 5. The Morgan fingerprint density at radius 3 is 2.82 bits per heavy atom. The number of aromatic amines is 1. The molecular formula is C11H14FN2O7P-2. The van der Waals surface area contributed by atoms with Crippen LogP contribution in [-0.2, 0) is 13.8 Å². The van der Waals surface area contributed by atoms with E-state index in [1.807, 2.05) is 0 Å². The van der Waals surface area contributed by atoms with E-state index in [1.54, 1.807) is 0 Å². The van der Waals surface area contributed by atoms with Gasteiger partial charge in [0.2, 0.25) is 0 Å². The molecule has 9 nitrogen and oxygen atoms in total. The Morgan fingerprint density at radius 1 is 1.55 bits per heavy atom. The Balaban J connectivity index is 2.18. The average molecular weight is 336 g/mol. The molecule has 0 unspecified atom stereocenters. The molecule has 0 saturated carbocycles. The minimum atomic E-state index is -5.19. The van der Waals surface area contributed by atoms with Crippen molar-refractivity contribution in [3.8, 4) is 0 Å². The zero-order valence-electron chi connectivity index (χ0n) is 11.6. The molecule has 1 saturated heterocycles. The predicted octanol–water partition coefficient (Wildman–Crippen LogP) is -1.44. The van der Waals surface area contributed by atoms with E-state index in [9.17, 15) is 28.3 Å². The first-order valence-electron chi connectivity index (χ1n) is 6.41. The van der Waals surface area contributed by atoms with Crippen LogP contribution in [0.4, 0.5) is 4.39 Å². The summed E-state index contributed by atoms with van der Waals surface area (Å²) in [5, 5.41) is 0. The molecule has 1 aromatic rings. The minimum absolute atomic E-state index is 0.0813. The van der Waals surface area contributed by atoms with Crippen LogP contribution < -0.4 is 21.0 Å². The Hall–Kier alpha value is -1.32. The first-order chi connectivity index (χ1) is 10.2. The summed E-state index contributed by atoms with van der Waals surface area (Å²) in [6.45, 7) is 0.0398. The third-order valence-corrected chi connectivity index (χ3v) is 3.88. The van der Waals surface area contributed by atoms with Gasteiger partial charge in [-0.2, -0.15) is 0 Å². The largest absolute Gasteiger partial charge is 0.790 e. The number of hydrogen-bond acceptors (Lipinski definition) is 7. The molecule has 2 heterocycles. The molecule has 3 atom stereocenters. The topological polar surface area (TPSA) is 137 Å². The zero-order chi connectivity index (χ0) is 16.5. The lowest BCUT2D eigenvalue weighted by Gasteiger charge is -2.30. The van der Waals surface area contributed by atoms with Gasteiger partial charge < -0.3 is 23.6 Å². The number of nitrogens with one attached hydrogen (secondary N) is 1. The fraction of sp³-hybridized carbons (Fsp3) is 0.636. The average Bonchev–Trinajstić information content (AvgIpc) is 2.83. The summed E-state index contributed by atoms with van der Waals surface area (Å²) in [6.07, 6.45) is -0.505. The van der Waals surface area contributed by atoms with Gasteiger partial charge in [-0.1, -0.05) is 0 Å². The number of H-pyrrole nitrogens is 1. The molecule has 2 rings (SSSR count). The first-order valence-corrected chi connectivity index (χ1v) is 7.87. The van der Waals surface area contributed by atoms with Crippen molar-refractivity contribution in [1.29, 1.82) is 0 Å². The number of nitrogens with zero attached hydrogens (tertiary/aromatic N) is 1. The van der Waals surface area contributed by atoms with Crippen molar-refractivity contribution < 1.29 is 28.0 Å². The standard InChI is InChI=1S/C11H16FN2O7P/c1-6-4-14(11(16)13-10(6)15)9-2-7(3-12)8(21-9)5-20-22(17,18)19/h4,7-9H,2-3,5H2,1H3,(H,13,15,16)(H2,17,18,19)/p-2/t7-,8-,9-/m1/s1. The molecule has 124 valence electrons. The molecule has 1 N–H and O–H groups in total. The summed E-state index contributed by atoms with van der Waals surface area (Å²) in [4.78, 5) is 46.1. The molecule has 1 aromatic heterocycles. The summed E-state index contributed by atoms with van der Waals surface area (Å²) in [6, 6.07) is 0. The van der Waals surface area contributed by atoms with Gasteiger partial charge >= 0.3 is 5.69 Å². The summed E-state index contributed by atoms with van der Waals surface area (Å²) in [5.74, 6) is -0.726. The maximum Gasteiger partial charge on any atom is 0.330 e. The lowest BCUT2D eigenvalue weighted by atomic mass is 10.0. The van der Waals surface area contributed by atoms with E-state index in [2.05, 4.69) is 9.51 Å². The van der Waals surface area contributed by atoms with Crippen LogP contribution in [0.15, 0.2) is 15.8 Å². The van der Waals surface area contributed by atoms with Crippen molar-refractivity contribution >= 4 is 7.82 Å². The number of phosphoric acid groups is 1. The summed E-state index contributed by atoms with van der Waals surface area (Å²) in [7, 11) is -5.19. The SMILES string of the molecule is Cc1cn([C@H]2C[C@H](CF)[C@@H](COP(=O)([O-])[O-])O2)c(=O)[nH]c1=O. The molecule has 0 radical (unpaired) electrons. The van der Waals surface area contributed by atoms with E-state index in [0.29, 0.717) is 0 Å². The number of ether oxygens (including phenoxy) is 1. The summed E-state index contributed by atoms with van der Waals surface area (Å²) in [5.41, 5.74) is -0.999. The molecule has 0 bridgehead atoms.